The molecule has 0 saturated carbocycles. The molecule has 3 nitrogen and oxygen atoms in total. The number of nitrogens with zero attached hydrogens (tertiary/aromatic N) is 3. The number of aromatic nitrogens is 3. The normalized spacial score (nSPS) is 12.2. The quantitative estimate of drug-likeness (QED) is 0.199. The zero-order valence-electron chi connectivity index (χ0n) is 26.8. The minimum absolute atomic E-state index is 1.16. The van der Waals surface area contributed by atoms with Crippen molar-refractivity contribution in [3.8, 4) is 33.6 Å². The Morgan fingerprint density at radius 2 is 0.913 bits per heavy atom. The molecule has 46 heavy (non-hydrogen) atoms. The first-order valence-electron chi connectivity index (χ1n) is 16.1. The molecule has 0 fully saturated rings. The predicted octanol–water partition coefficient (Wildman–Crippen LogP) is 10.1. The van der Waals surface area contributed by atoms with Crippen LogP contribution in [0.3, 0.4) is 0 Å². The first-order valence-corrected chi connectivity index (χ1v) is 16.1. The van der Waals surface area contributed by atoms with Gasteiger partial charge in [-0.3, -0.25) is 4.98 Å². The summed E-state index contributed by atoms with van der Waals surface area (Å²) in [6.45, 7) is 8.26. The van der Waals surface area contributed by atoms with E-state index < -0.39 is 0 Å². The van der Waals surface area contributed by atoms with E-state index in [0.717, 1.165) is 5.69 Å². The summed E-state index contributed by atoms with van der Waals surface area (Å²) in [5.41, 5.74) is 10.7. The molecule has 0 aliphatic carbocycles. The molecular formula is C43H37N3. The van der Waals surface area contributed by atoms with Crippen LogP contribution >= 0.6 is 0 Å². The van der Waals surface area contributed by atoms with Crippen molar-refractivity contribution in [2.45, 2.75) is 27.7 Å². The average Bonchev–Trinajstić information content (AvgIpc) is 3.64. The molecule has 0 spiro atoms. The Morgan fingerprint density at radius 1 is 0.457 bits per heavy atom. The van der Waals surface area contributed by atoms with Gasteiger partial charge in [-0.15, -0.1) is 0 Å². The molecule has 0 saturated heterocycles. The summed E-state index contributed by atoms with van der Waals surface area (Å²) in [5, 5.41) is 6.22. The highest BCUT2D eigenvalue weighted by molar-refractivity contribution is 6.11. The maximum Gasteiger partial charge on any atom is 0.0541 e. The Labute approximate surface area is 270 Å². The van der Waals surface area contributed by atoms with Crippen LogP contribution in [-0.4, -0.2) is 14.1 Å². The molecule has 0 bridgehead atoms. The highest BCUT2D eigenvalue weighted by Crippen LogP contribution is 2.37. The van der Waals surface area contributed by atoms with E-state index in [0.29, 0.717) is 0 Å². The highest BCUT2D eigenvalue weighted by Gasteiger charge is 2.16. The molecule has 0 aliphatic rings. The van der Waals surface area contributed by atoms with Crippen LogP contribution in [-0.2, 0) is 0 Å². The Bertz CT molecular complexity index is 2430. The molecule has 0 atom stereocenters. The van der Waals surface area contributed by atoms with Gasteiger partial charge >= 0.3 is 0 Å². The van der Waals surface area contributed by atoms with Crippen LogP contribution in [0.4, 0.5) is 0 Å². The minimum Gasteiger partial charge on any atom is -0.310 e. The van der Waals surface area contributed by atoms with Gasteiger partial charge in [-0.05, 0) is 109 Å². The lowest BCUT2D eigenvalue weighted by Gasteiger charge is -2.09. The van der Waals surface area contributed by atoms with Crippen molar-refractivity contribution in [2.75, 3.05) is 0 Å². The van der Waals surface area contributed by atoms with E-state index >= 15 is 0 Å². The molecule has 3 heterocycles. The molecule has 0 N–H and O–H groups in total. The Balaban J connectivity index is 0.00000166. The smallest absolute Gasteiger partial charge is 0.0541 e. The van der Waals surface area contributed by atoms with E-state index in [9.17, 15) is 0 Å². The maximum atomic E-state index is 4.23. The average molecular weight is 596 g/mol. The van der Waals surface area contributed by atoms with Gasteiger partial charge in [0.1, 0.15) is 0 Å². The molecule has 0 radical (unpaired) electrons. The van der Waals surface area contributed by atoms with E-state index in [-0.39, 0.29) is 0 Å². The van der Waals surface area contributed by atoms with Crippen LogP contribution in [0.15, 0.2) is 140 Å². The predicted molar refractivity (Wildman–Crippen MR) is 197 cm³/mol. The zero-order valence-corrected chi connectivity index (χ0v) is 26.8. The van der Waals surface area contributed by atoms with Gasteiger partial charge in [-0.2, -0.15) is 0 Å². The summed E-state index contributed by atoms with van der Waals surface area (Å²) in [6.07, 6.45) is 8.16. The lowest BCUT2D eigenvalue weighted by Crippen LogP contribution is -2.27. The second kappa shape index (κ2) is 12.4. The number of benzene rings is 5. The Hall–Kier alpha value is -5.67. The van der Waals surface area contributed by atoms with Crippen molar-refractivity contribution in [2.24, 2.45) is 0 Å². The van der Waals surface area contributed by atoms with Gasteiger partial charge in [0, 0.05) is 50.5 Å². The summed E-state index contributed by atoms with van der Waals surface area (Å²) in [6, 6.07) is 46.0. The van der Waals surface area contributed by atoms with Gasteiger partial charge in [0.2, 0.25) is 0 Å². The van der Waals surface area contributed by atoms with Crippen molar-refractivity contribution in [1.82, 2.24) is 14.1 Å². The first kappa shape index (κ1) is 29.1. The Morgan fingerprint density at radius 3 is 1.41 bits per heavy atom. The van der Waals surface area contributed by atoms with Crippen molar-refractivity contribution in [1.29, 1.82) is 0 Å². The van der Waals surface area contributed by atoms with Crippen molar-refractivity contribution >= 4 is 44.9 Å². The first-order chi connectivity index (χ1) is 22.7. The van der Waals surface area contributed by atoms with E-state index in [2.05, 4.69) is 168 Å². The zero-order chi connectivity index (χ0) is 31.6. The number of hydrogen-bond donors (Lipinski definition) is 0. The van der Waals surface area contributed by atoms with E-state index in [1.165, 1.54) is 71.2 Å². The fourth-order valence-corrected chi connectivity index (χ4v) is 6.74. The van der Waals surface area contributed by atoms with Crippen LogP contribution in [0, 0.1) is 0 Å². The second-order valence-corrected chi connectivity index (χ2v) is 11.1. The molecule has 3 heteroatoms. The minimum atomic E-state index is 1.16. The summed E-state index contributed by atoms with van der Waals surface area (Å²) in [5.74, 6) is 0. The van der Waals surface area contributed by atoms with Gasteiger partial charge in [0.15, 0.2) is 0 Å². The Kier molecular flexibility index (Phi) is 7.82. The molecular weight excluding hydrogens is 558 g/mol. The summed E-state index contributed by atoms with van der Waals surface area (Å²) < 4.78 is 4.74. The molecule has 0 unspecified atom stereocenters. The fraction of sp³-hybridized carbons (Fsp3) is 0.0930. The van der Waals surface area contributed by atoms with Crippen molar-refractivity contribution < 1.29 is 0 Å². The van der Waals surface area contributed by atoms with Crippen LogP contribution in [0.1, 0.15) is 27.7 Å². The van der Waals surface area contributed by atoms with Crippen LogP contribution in [0.2, 0.25) is 0 Å². The fourth-order valence-electron chi connectivity index (χ4n) is 6.74. The third kappa shape index (κ3) is 4.81. The van der Waals surface area contributed by atoms with Gasteiger partial charge < -0.3 is 9.13 Å². The number of fused-ring (bicyclic) bond motifs is 4. The van der Waals surface area contributed by atoms with Crippen LogP contribution in [0.25, 0.3) is 78.5 Å². The summed E-state index contributed by atoms with van der Waals surface area (Å²) >= 11 is 0. The van der Waals surface area contributed by atoms with Crippen LogP contribution < -0.4 is 10.6 Å². The molecule has 5 aromatic carbocycles. The van der Waals surface area contributed by atoms with Crippen molar-refractivity contribution in [3.05, 3.63) is 150 Å². The van der Waals surface area contributed by atoms with E-state index in [1.54, 1.807) is 0 Å². The topological polar surface area (TPSA) is 22.8 Å². The van der Waals surface area contributed by atoms with Crippen molar-refractivity contribution in [3.63, 3.8) is 0 Å². The highest BCUT2D eigenvalue weighted by atomic mass is 15.0. The molecule has 0 amide bonds. The van der Waals surface area contributed by atoms with Gasteiger partial charge in [0.25, 0.3) is 0 Å². The molecule has 0 aliphatic heterocycles. The molecule has 3 aromatic heterocycles. The van der Waals surface area contributed by atoms with Gasteiger partial charge in [-0.25, -0.2) is 0 Å². The number of hydrogen-bond acceptors (Lipinski definition) is 1. The summed E-state index contributed by atoms with van der Waals surface area (Å²) in [7, 11) is 0. The molecule has 8 rings (SSSR count). The maximum absolute atomic E-state index is 4.23. The lowest BCUT2D eigenvalue weighted by molar-refractivity contribution is 1.07. The molecule has 8 aromatic rings. The van der Waals surface area contributed by atoms with Gasteiger partial charge in [0.05, 0.1) is 16.6 Å². The number of rotatable bonds is 4. The lowest BCUT2D eigenvalue weighted by atomic mass is 9.99. The summed E-state index contributed by atoms with van der Waals surface area (Å²) in [4.78, 5) is 4.23. The number of pyridine rings is 1. The third-order valence-electron chi connectivity index (χ3n) is 8.75. The van der Waals surface area contributed by atoms with Gasteiger partial charge in [-0.1, -0.05) is 80.6 Å². The van der Waals surface area contributed by atoms with E-state index in [4.69, 9.17) is 0 Å². The van der Waals surface area contributed by atoms with E-state index in [1.807, 2.05) is 26.2 Å². The second-order valence-electron chi connectivity index (χ2n) is 11.1. The largest absolute Gasteiger partial charge is 0.310 e. The number of para-hydroxylation sites is 2. The molecule has 224 valence electrons. The monoisotopic (exact) mass is 595 g/mol. The van der Waals surface area contributed by atoms with Crippen LogP contribution in [0.5, 0.6) is 0 Å². The third-order valence-corrected chi connectivity index (χ3v) is 8.75. The standard InChI is InChI=1S/C41H31N3.C2H6/c1-3-34-35-26-30(16-19-39(35)43(38(34)4-2)32-11-7-5-8-12-32)31-17-20-41-37(27-31)36-25-29(28-21-23-42-24-22-28)15-18-40(36)44(41)33-13-9-6-10-14-33;1-2/h3-27H,1-2H3;1-2H3/b34-3-,38-4+;. The SMILES string of the molecule is C/C=c1\c(=C/C)n(-c2ccccc2)c2ccc(-c3ccc4c(c3)c3cc(-c5ccncc5)ccc3n4-c3ccccc3)cc12.CC.